The number of nitrogens with zero attached hydrogens (tertiary/aromatic N) is 3. The maximum absolute atomic E-state index is 12.7. The summed E-state index contributed by atoms with van der Waals surface area (Å²) < 4.78 is 7.15. The number of likely N-dealkylation sites (tertiary alicyclic amines) is 1. The molecule has 1 saturated carbocycles. The second-order valence-corrected chi connectivity index (χ2v) is 8.61. The normalized spacial score (nSPS) is 21.2. The molecule has 1 saturated heterocycles. The Kier molecular flexibility index (Phi) is 6.54. The molecule has 6 nitrogen and oxygen atoms in total. The third-order valence-electron chi connectivity index (χ3n) is 6.64. The Labute approximate surface area is 183 Å². The zero-order chi connectivity index (χ0) is 21.8. The van der Waals surface area contributed by atoms with Gasteiger partial charge in [-0.15, -0.1) is 0 Å². The fraction of sp³-hybridized carbons (Fsp3) is 0.480. The molecule has 0 unspecified atom stereocenters. The summed E-state index contributed by atoms with van der Waals surface area (Å²) in [5, 5.41) is 4.58. The Morgan fingerprint density at radius 2 is 1.84 bits per heavy atom. The van der Waals surface area contributed by atoms with Crippen LogP contribution in [0, 0.1) is 19.8 Å². The molecule has 1 amide bonds. The molecule has 1 aromatic heterocycles. The highest BCUT2D eigenvalue weighted by atomic mass is 16.5. The average Bonchev–Trinajstić information content (AvgIpc) is 3.09. The molecule has 164 valence electrons. The van der Waals surface area contributed by atoms with Gasteiger partial charge in [0.2, 0.25) is 0 Å². The van der Waals surface area contributed by atoms with Gasteiger partial charge < -0.3 is 9.64 Å². The van der Waals surface area contributed by atoms with Crippen LogP contribution in [0.15, 0.2) is 36.4 Å². The maximum Gasteiger partial charge on any atom is 0.331 e. The summed E-state index contributed by atoms with van der Waals surface area (Å²) >= 11 is 0. The van der Waals surface area contributed by atoms with Crippen LogP contribution in [-0.4, -0.2) is 45.8 Å². The predicted molar refractivity (Wildman–Crippen MR) is 120 cm³/mol. The van der Waals surface area contributed by atoms with Crippen LogP contribution in [-0.2, 0) is 14.3 Å². The zero-order valence-electron chi connectivity index (χ0n) is 18.4. The lowest BCUT2D eigenvalue weighted by atomic mass is 9.78. The van der Waals surface area contributed by atoms with Gasteiger partial charge >= 0.3 is 5.97 Å². The number of rotatable bonds is 5. The van der Waals surface area contributed by atoms with Crippen molar-refractivity contribution in [2.45, 2.75) is 58.4 Å². The number of para-hydroxylation sites is 1. The lowest BCUT2D eigenvalue weighted by Crippen LogP contribution is -2.50. The molecule has 0 bridgehead atoms. The maximum atomic E-state index is 12.7. The van der Waals surface area contributed by atoms with E-state index in [1.54, 1.807) is 6.08 Å². The number of aryl methyl sites for hydroxylation is 1. The highest BCUT2D eigenvalue weighted by Crippen LogP contribution is 2.35. The van der Waals surface area contributed by atoms with Crippen molar-refractivity contribution in [1.82, 2.24) is 14.7 Å². The summed E-state index contributed by atoms with van der Waals surface area (Å²) in [7, 11) is 0. The van der Waals surface area contributed by atoms with Crippen molar-refractivity contribution in [2.75, 3.05) is 13.2 Å². The van der Waals surface area contributed by atoms with Crippen molar-refractivity contribution in [1.29, 1.82) is 0 Å². The Morgan fingerprint density at radius 3 is 2.65 bits per heavy atom. The molecule has 1 aliphatic carbocycles. The van der Waals surface area contributed by atoms with Crippen molar-refractivity contribution in [3.8, 4) is 5.69 Å². The first-order valence-corrected chi connectivity index (χ1v) is 11.3. The number of carbonyl (C=O) groups excluding carboxylic acids is 2. The molecule has 31 heavy (non-hydrogen) atoms. The van der Waals surface area contributed by atoms with E-state index in [1.165, 1.54) is 31.8 Å². The third kappa shape index (κ3) is 4.73. The minimum atomic E-state index is -0.503. The summed E-state index contributed by atoms with van der Waals surface area (Å²) in [6, 6.07) is 10.2. The number of ether oxygens (including phenoxy) is 1. The quantitative estimate of drug-likeness (QED) is 0.535. The number of piperidine rings is 1. The summed E-state index contributed by atoms with van der Waals surface area (Å²) in [6.45, 7) is 4.48. The van der Waals surface area contributed by atoms with E-state index in [0.717, 1.165) is 42.0 Å². The second kappa shape index (κ2) is 9.50. The smallest absolute Gasteiger partial charge is 0.331 e. The van der Waals surface area contributed by atoms with E-state index in [2.05, 4.69) is 5.10 Å². The number of fused-ring (bicyclic) bond motifs is 1. The van der Waals surface area contributed by atoms with E-state index < -0.39 is 5.97 Å². The average molecular weight is 422 g/mol. The highest BCUT2D eigenvalue weighted by molar-refractivity contribution is 5.89. The van der Waals surface area contributed by atoms with Gasteiger partial charge in [-0.3, -0.25) is 4.79 Å². The molecule has 2 fully saturated rings. The second-order valence-electron chi connectivity index (χ2n) is 8.61. The van der Waals surface area contributed by atoms with Gasteiger partial charge in [0.25, 0.3) is 5.91 Å². The van der Waals surface area contributed by atoms with Gasteiger partial charge in [0.1, 0.15) is 0 Å². The molecule has 2 aliphatic rings. The lowest BCUT2D eigenvalue weighted by Gasteiger charge is -2.44. The van der Waals surface area contributed by atoms with Crippen LogP contribution < -0.4 is 0 Å². The van der Waals surface area contributed by atoms with E-state index >= 15 is 0 Å². The largest absolute Gasteiger partial charge is 0.452 e. The summed E-state index contributed by atoms with van der Waals surface area (Å²) in [4.78, 5) is 27.0. The van der Waals surface area contributed by atoms with Gasteiger partial charge in [-0.1, -0.05) is 31.0 Å². The standard InChI is InChI=1S/C25H31N3O3/c1-18-22(19(2)28(26-18)21-11-4-3-5-12-21)14-15-25(30)31-17-24(29)27-16-8-10-20-9-6-7-13-23(20)27/h3-5,11-12,14-15,20,23H,6-10,13,16-17H2,1-2H3/b15-14+/t20-,23-/m1/s1. The van der Waals surface area contributed by atoms with Crippen LogP contribution in [0.5, 0.6) is 0 Å². The SMILES string of the molecule is Cc1nn(-c2ccccc2)c(C)c1/C=C/C(=O)OCC(=O)N1CCC[C@H]2CCCC[C@H]21. The van der Waals surface area contributed by atoms with E-state index in [4.69, 9.17) is 4.74 Å². The van der Waals surface area contributed by atoms with Crippen molar-refractivity contribution in [3.05, 3.63) is 53.4 Å². The Bertz CT molecular complexity index is 962. The van der Waals surface area contributed by atoms with Gasteiger partial charge in [0.05, 0.1) is 11.4 Å². The molecule has 0 N–H and O–H groups in total. The Morgan fingerprint density at radius 1 is 1.10 bits per heavy atom. The summed E-state index contributed by atoms with van der Waals surface area (Å²) in [6.07, 6.45) is 10.1. The molecular weight excluding hydrogens is 390 g/mol. The monoisotopic (exact) mass is 421 g/mol. The fourth-order valence-corrected chi connectivity index (χ4v) is 5.07. The van der Waals surface area contributed by atoms with Gasteiger partial charge in [-0.05, 0) is 63.7 Å². The van der Waals surface area contributed by atoms with Crippen LogP contribution in [0.1, 0.15) is 55.5 Å². The van der Waals surface area contributed by atoms with E-state index in [1.807, 2.05) is 53.8 Å². The van der Waals surface area contributed by atoms with Crippen LogP contribution >= 0.6 is 0 Å². The van der Waals surface area contributed by atoms with Crippen LogP contribution in [0.25, 0.3) is 11.8 Å². The van der Waals surface area contributed by atoms with Crippen molar-refractivity contribution >= 4 is 18.0 Å². The van der Waals surface area contributed by atoms with E-state index in [9.17, 15) is 9.59 Å². The molecule has 0 radical (unpaired) electrons. The Balaban J connectivity index is 1.36. The minimum Gasteiger partial charge on any atom is -0.452 e. The van der Waals surface area contributed by atoms with Crippen molar-refractivity contribution < 1.29 is 14.3 Å². The van der Waals surface area contributed by atoms with E-state index in [-0.39, 0.29) is 12.5 Å². The first-order chi connectivity index (χ1) is 15.0. The number of hydrogen-bond acceptors (Lipinski definition) is 4. The van der Waals surface area contributed by atoms with Crippen LogP contribution in [0.3, 0.4) is 0 Å². The third-order valence-corrected chi connectivity index (χ3v) is 6.64. The number of amides is 1. The molecule has 6 heteroatoms. The molecule has 2 aromatic rings. The molecule has 0 spiro atoms. The minimum absolute atomic E-state index is 0.0670. The molecule has 2 heterocycles. The fourth-order valence-electron chi connectivity index (χ4n) is 5.07. The topological polar surface area (TPSA) is 64.4 Å². The first-order valence-electron chi connectivity index (χ1n) is 11.3. The Hall–Kier alpha value is -2.89. The summed E-state index contributed by atoms with van der Waals surface area (Å²) in [5.41, 5.74) is 3.63. The molecular formula is C25H31N3O3. The van der Waals surface area contributed by atoms with Gasteiger partial charge in [-0.25, -0.2) is 9.48 Å². The molecule has 1 aliphatic heterocycles. The number of carbonyl (C=O) groups is 2. The number of esters is 1. The van der Waals surface area contributed by atoms with Crippen LogP contribution in [0.2, 0.25) is 0 Å². The number of benzene rings is 1. The predicted octanol–water partition coefficient (Wildman–Crippen LogP) is 4.23. The zero-order valence-corrected chi connectivity index (χ0v) is 18.4. The number of hydrogen-bond donors (Lipinski definition) is 0. The lowest BCUT2D eigenvalue weighted by molar-refractivity contribution is -0.151. The van der Waals surface area contributed by atoms with Crippen molar-refractivity contribution in [2.24, 2.45) is 5.92 Å². The molecule has 4 rings (SSSR count). The van der Waals surface area contributed by atoms with Gasteiger partial charge in [0.15, 0.2) is 6.61 Å². The summed E-state index contributed by atoms with van der Waals surface area (Å²) in [5.74, 6) is 0.0496. The van der Waals surface area contributed by atoms with Crippen LogP contribution in [0.4, 0.5) is 0 Å². The van der Waals surface area contributed by atoms with Gasteiger partial charge in [0, 0.05) is 29.9 Å². The highest BCUT2D eigenvalue weighted by Gasteiger charge is 2.35. The first kappa shape index (κ1) is 21.3. The number of aromatic nitrogens is 2. The van der Waals surface area contributed by atoms with E-state index in [0.29, 0.717) is 12.0 Å². The molecule has 1 aromatic carbocycles. The van der Waals surface area contributed by atoms with Crippen molar-refractivity contribution in [3.63, 3.8) is 0 Å². The van der Waals surface area contributed by atoms with Gasteiger partial charge in [-0.2, -0.15) is 5.10 Å². The molecule has 2 atom stereocenters.